The maximum atomic E-state index is 12.3. The van der Waals surface area contributed by atoms with Gasteiger partial charge in [0.2, 0.25) is 0 Å². The monoisotopic (exact) mass is 317 g/mol. The van der Waals surface area contributed by atoms with Gasteiger partial charge in [0.05, 0.1) is 12.8 Å². The molecule has 1 aromatic heterocycles. The van der Waals surface area contributed by atoms with Crippen molar-refractivity contribution in [1.29, 1.82) is 0 Å². The molecule has 0 radical (unpaired) electrons. The van der Waals surface area contributed by atoms with E-state index >= 15 is 0 Å². The van der Waals surface area contributed by atoms with Crippen molar-refractivity contribution >= 4 is 5.91 Å². The molecule has 6 nitrogen and oxygen atoms in total. The van der Waals surface area contributed by atoms with Crippen LogP contribution in [0.3, 0.4) is 0 Å². The second-order valence-corrected chi connectivity index (χ2v) is 5.74. The lowest BCUT2D eigenvalue weighted by atomic mass is 10.0. The summed E-state index contributed by atoms with van der Waals surface area (Å²) in [4.78, 5) is 12.3. The number of aromatic nitrogens is 2. The molecule has 3 N–H and O–H groups in total. The average Bonchev–Trinajstić information content (AvgIpc) is 3.04. The average molecular weight is 317 g/mol. The quantitative estimate of drug-likeness (QED) is 0.731. The molecule has 1 amide bonds. The summed E-state index contributed by atoms with van der Waals surface area (Å²) in [7, 11) is 1.61. The summed E-state index contributed by atoms with van der Waals surface area (Å²) in [5.74, 6) is 0.755. The predicted octanol–water partition coefficient (Wildman–Crippen LogP) is 2.22. The molecule has 1 atom stereocenters. The number of nitrogens with one attached hydrogen (secondary N) is 2. The highest BCUT2D eigenvalue weighted by molar-refractivity contribution is 5.93. The van der Waals surface area contributed by atoms with Crippen LogP contribution >= 0.6 is 0 Å². The Labute approximate surface area is 135 Å². The molecule has 124 valence electrons. The Balaban J connectivity index is 2.13. The Morgan fingerprint density at radius 1 is 1.39 bits per heavy atom. The topological polar surface area (TPSA) is 87.2 Å². The van der Waals surface area contributed by atoms with Gasteiger partial charge in [-0.2, -0.15) is 5.10 Å². The molecule has 0 bridgehead atoms. The van der Waals surface area contributed by atoms with Gasteiger partial charge in [-0.25, -0.2) is 0 Å². The Bertz CT molecular complexity index is 652. The van der Waals surface area contributed by atoms with Crippen LogP contribution in [0.25, 0.3) is 11.3 Å². The second-order valence-electron chi connectivity index (χ2n) is 5.74. The summed E-state index contributed by atoms with van der Waals surface area (Å²) in [5.41, 5.74) is 1.94. The van der Waals surface area contributed by atoms with Gasteiger partial charge in [-0.05, 0) is 30.5 Å². The third kappa shape index (κ3) is 4.32. The molecule has 2 rings (SSSR count). The molecule has 0 saturated heterocycles. The van der Waals surface area contributed by atoms with Crippen molar-refractivity contribution in [2.24, 2.45) is 5.92 Å². The van der Waals surface area contributed by atoms with Gasteiger partial charge >= 0.3 is 0 Å². The molecule has 0 aliphatic carbocycles. The minimum atomic E-state index is -0.223. The maximum Gasteiger partial charge on any atom is 0.269 e. The zero-order chi connectivity index (χ0) is 16.8. The Kier molecular flexibility index (Phi) is 5.76. The molecule has 0 saturated carbocycles. The number of methoxy groups -OCH3 is 1. The van der Waals surface area contributed by atoms with E-state index in [9.17, 15) is 4.79 Å². The summed E-state index contributed by atoms with van der Waals surface area (Å²) in [6, 6.07) is 9.13. The van der Waals surface area contributed by atoms with Gasteiger partial charge in [0.15, 0.2) is 0 Å². The first kappa shape index (κ1) is 17.0. The fourth-order valence-electron chi connectivity index (χ4n) is 2.33. The zero-order valence-electron chi connectivity index (χ0n) is 13.7. The Hall–Kier alpha value is -2.34. The van der Waals surface area contributed by atoms with Gasteiger partial charge in [-0.1, -0.05) is 26.0 Å². The van der Waals surface area contributed by atoms with Crippen LogP contribution in [0.1, 0.15) is 30.8 Å². The van der Waals surface area contributed by atoms with Gasteiger partial charge < -0.3 is 15.2 Å². The van der Waals surface area contributed by atoms with E-state index < -0.39 is 0 Å². The summed E-state index contributed by atoms with van der Waals surface area (Å²) in [6.07, 6.45) is 0.528. The van der Waals surface area contributed by atoms with E-state index in [0.717, 1.165) is 11.3 Å². The molecule has 6 heteroatoms. The third-order valence-electron chi connectivity index (χ3n) is 3.75. The minimum Gasteiger partial charge on any atom is -0.497 e. The number of aliphatic hydroxyl groups is 1. The van der Waals surface area contributed by atoms with Gasteiger partial charge in [-0.15, -0.1) is 0 Å². The van der Waals surface area contributed by atoms with Gasteiger partial charge in [-0.3, -0.25) is 9.89 Å². The summed E-state index contributed by atoms with van der Waals surface area (Å²) in [5, 5.41) is 19.0. The highest BCUT2D eigenvalue weighted by Gasteiger charge is 2.18. The van der Waals surface area contributed by atoms with Crippen LogP contribution in [0, 0.1) is 5.92 Å². The number of carbonyl (C=O) groups excluding carboxylic acids is 1. The lowest BCUT2D eigenvalue weighted by Crippen LogP contribution is -2.39. The van der Waals surface area contributed by atoms with Gasteiger partial charge in [0, 0.05) is 18.2 Å². The molecule has 0 aliphatic rings. The van der Waals surface area contributed by atoms with Crippen molar-refractivity contribution in [3.8, 4) is 17.0 Å². The first-order valence-electron chi connectivity index (χ1n) is 7.66. The Morgan fingerprint density at radius 2 is 2.17 bits per heavy atom. The number of ether oxygens (including phenoxy) is 1. The van der Waals surface area contributed by atoms with E-state index in [1.54, 1.807) is 13.2 Å². The number of nitrogens with zero attached hydrogens (tertiary/aromatic N) is 1. The molecule has 23 heavy (non-hydrogen) atoms. The fourth-order valence-corrected chi connectivity index (χ4v) is 2.33. The summed E-state index contributed by atoms with van der Waals surface area (Å²) >= 11 is 0. The number of H-pyrrole nitrogens is 1. The van der Waals surface area contributed by atoms with Gasteiger partial charge in [0.1, 0.15) is 11.4 Å². The van der Waals surface area contributed by atoms with Crippen LogP contribution in [0.5, 0.6) is 5.75 Å². The third-order valence-corrected chi connectivity index (χ3v) is 3.75. The number of benzene rings is 1. The van der Waals surface area contributed by atoms with Crippen molar-refractivity contribution in [2.75, 3.05) is 13.7 Å². The molecule has 1 aromatic carbocycles. The molecular weight excluding hydrogens is 294 g/mol. The normalized spacial score (nSPS) is 12.2. The molecule has 1 heterocycles. The van der Waals surface area contributed by atoms with Gasteiger partial charge in [0.25, 0.3) is 5.91 Å². The second kappa shape index (κ2) is 7.78. The van der Waals surface area contributed by atoms with Crippen LogP contribution in [-0.2, 0) is 0 Å². The molecule has 0 fully saturated rings. The standard InChI is InChI=1S/C17H23N3O3/c1-11(2)14(7-8-21)18-17(22)16-10-15(19-20-16)12-5-4-6-13(9-12)23-3/h4-6,9-11,14,21H,7-8H2,1-3H3,(H,18,22)(H,19,20). The zero-order valence-corrected chi connectivity index (χ0v) is 13.7. The number of aromatic amines is 1. The molecule has 0 aliphatic heterocycles. The Morgan fingerprint density at radius 3 is 2.83 bits per heavy atom. The minimum absolute atomic E-state index is 0.0428. The van der Waals surface area contributed by atoms with Crippen molar-refractivity contribution in [2.45, 2.75) is 26.3 Å². The lowest BCUT2D eigenvalue weighted by molar-refractivity contribution is 0.0911. The smallest absolute Gasteiger partial charge is 0.269 e. The number of rotatable bonds is 7. The molecule has 2 aromatic rings. The van der Waals surface area contributed by atoms with Crippen LogP contribution in [-0.4, -0.2) is 41.0 Å². The number of carbonyl (C=O) groups is 1. The number of hydrogen-bond acceptors (Lipinski definition) is 4. The highest BCUT2D eigenvalue weighted by Crippen LogP contribution is 2.22. The first-order valence-corrected chi connectivity index (χ1v) is 7.66. The van der Waals surface area contributed by atoms with E-state index in [1.807, 2.05) is 38.1 Å². The number of amides is 1. The summed E-state index contributed by atoms with van der Waals surface area (Å²) in [6.45, 7) is 4.06. The largest absolute Gasteiger partial charge is 0.497 e. The van der Waals surface area contributed by atoms with E-state index in [0.29, 0.717) is 17.8 Å². The first-order chi connectivity index (χ1) is 11.0. The van der Waals surface area contributed by atoms with Crippen molar-refractivity contribution in [3.63, 3.8) is 0 Å². The van der Waals surface area contributed by atoms with E-state index in [4.69, 9.17) is 9.84 Å². The van der Waals surface area contributed by atoms with Crippen LogP contribution in [0.15, 0.2) is 30.3 Å². The van der Waals surface area contributed by atoms with Crippen LogP contribution in [0.4, 0.5) is 0 Å². The summed E-state index contributed by atoms with van der Waals surface area (Å²) < 4.78 is 5.20. The SMILES string of the molecule is COc1cccc(-c2cc(C(=O)NC(CCO)C(C)C)[nH]n2)c1. The van der Waals surface area contributed by atoms with E-state index in [2.05, 4.69) is 15.5 Å². The van der Waals surface area contributed by atoms with Crippen LogP contribution in [0.2, 0.25) is 0 Å². The van der Waals surface area contributed by atoms with Crippen LogP contribution < -0.4 is 10.1 Å². The maximum absolute atomic E-state index is 12.3. The molecular formula is C17H23N3O3. The van der Waals surface area contributed by atoms with E-state index in [1.165, 1.54) is 0 Å². The van der Waals surface area contributed by atoms with Crippen molar-refractivity contribution in [3.05, 3.63) is 36.0 Å². The number of aliphatic hydroxyl groups excluding tert-OH is 1. The predicted molar refractivity (Wildman–Crippen MR) is 88.4 cm³/mol. The molecule has 1 unspecified atom stereocenters. The fraction of sp³-hybridized carbons (Fsp3) is 0.412. The van der Waals surface area contributed by atoms with E-state index in [-0.39, 0.29) is 24.5 Å². The molecule has 0 spiro atoms. The van der Waals surface area contributed by atoms with Crippen molar-refractivity contribution in [1.82, 2.24) is 15.5 Å². The number of hydrogen-bond donors (Lipinski definition) is 3. The van der Waals surface area contributed by atoms with Crippen molar-refractivity contribution < 1.29 is 14.6 Å². The lowest BCUT2D eigenvalue weighted by Gasteiger charge is -2.20. The highest BCUT2D eigenvalue weighted by atomic mass is 16.5.